The van der Waals surface area contributed by atoms with Crippen molar-refractivity contribution in [3.8, 4) is 0 Å². The van der Waals surface area contributed by atoms with Gasteiger partial charge in [0.15, 0.2) is 6.10 Å². The van der Waals surface area contributed by atoms with Crippen molar-refractivity contribution in [2.24, 2.45) is 0 Å². The maximum Gasteiger partial charge on any atom is 0.339 e. The van der Waals surface area contributed by atoms with Crippen molar-refractivity contribution in [1.29, 1.82) is 0 Å². The zero-order valence-electron chi connectivity index (χ0n) is 16.5. The molecule has 2 aliphatic rings. The Hall–Kier alpha value is -2.47. The summed E-state index contributed by atoms with van der Waals surface area (Å²) in [5.74, 6) is -0.592. The van der Waals surface area contributed by atoms with E-state index in [1.165, 1.54) is 0 Å². The van der Waals surface area contributed by atoms with Gasteiger partial charge in [-0.15, -0.1) is 0 Å². The van der Waals surface area contributed by atoms with Gasteiger partial charge in [0.1, 0.15) is 0 Å². The van der Waals surface area contributed by atoms with E-state index in [0.29, 0.717) is 31.9 Å². The van der Waals surface area contributed by atoms with E-state index in [1.54, 1.807) is 11.8 Å². The lowest BCUT2D eigenvalue weighted by Gasteiger charge is -2.29. The van der Waals surface area contributed by atoms with Gasteiger partial charge < -0.3 is 14.4 Å². The normalized spacial score (nSPS) is 17.9. The van der Waals surface area contributed by atoms with Crippen molar-refractivity contribution in [2.45, 2.75) is 45.6 Å². The van der Waals surface area contributed by atoms with Crippen molar-refractivity contribution in [2.75, 3.05) is 26.3 Å². The summed E-state index contributed by atoms with van der Waals surface area (Å²) in [6.07, 6.45) is 2.99. The number of fused-ring (bicyclic) bond motifs is 2. The Kier molecular flexibility index (Phi) is 5.31. The van der Waals surface area contributed by atoms with Crippen molar-refractivity contribution < 1.29 is 19.1 Å². The number of hydrogen-bond donors (Lipinski definition) is 0. The average molecular weight is 382 g/mol. The van der Waals surface area contributed by atoms with E-state index in [9.17, 15) is 9.59 Å². The molecular weight excluding hydrogens is 356 g/mol. The van der Waals surface area contributed by atoms with Gasteiger partial charge in [0.2, 0.25) is 0 Å². The Labute approximate surface area is 164 Å². The Morgan fingerprint density at radius 3 is 2.71 bits per heavy atom. The van der Waals surface area contributed by atoms with E-state index in [0.717, 1.165) is 53.4 Å². The predicted molar refractivity (Wildman–Crippen MR) is 105 cm³/mol. The quantitative estimate of drug-likeness (QED) is 0.764. The molecule has 0 saturated carbocycles. The molecule has 0 spiro atoms. The number of carbonyl (C=O) groups is 2. The number of benzene rings is 1. The van der Waals surface area contributed by atoms with Gasteiger partial charge in [-0.3, -0.25) is 9.78 Å². The maximum atomic E-state index is 13.2. The lowest BCUT2D eigenvalue weighted by Crippen LogP contribution is -2.46. The number of carbonyl (C=O) groups excluding carboxylic acids is 2. The maximum absolute atomic E-state index is 13.2. The van der Waals surface area contributed by atoms with Crippen LogP contribution in [0.15, 0.2) is 18.2 Å². The van der Waals surface area contributed by atoms with Crippen LogP contribution in [-0.2, 0) is 27.1 Å². The molecule has 4 rings (SSSR count). The summed E-state index contributed by atoms with van der Waals surface area (Å²) in [5, 5.41) is 0.816. The summed E-state index contributed by atoms with van der Waals surface area (Å²) in [4.78, 5) is 32.3. The molecule has 2 heterocycles. The van der Waals surface area contributed by atoms with Crippen LogP contribution in [-0.4, -0.2) is 54.2 Å². The number of nitrogens with zero attached hydrogens (tertiary/aromatic N) is 2. The minimum absolute atomic E-state index is 0.167. The third-order valence-electron chi connectivity index (χ3n) is 5.58. The highest BCUT2D eigenvalue weighted by Crippen LogP contribution is 2.30. The van der Waals surface area contributed by atoms with Crippen molar-refractivity contribution >= 4 is 22.8 Å². The highest BCUT2D eigenvalue weighted by Gasteiger charge is 2.29. The fourth-order valence-corrected chi connectivity index (χ4v) is 4.08. The fraction of sp³-hybridized carbons (Fsp3) is 0.500. The zero-order valence-corrected chi connectivity index (χ0v) is 16.5. The summed E-state index contributed by atoms with van der Waals surface area (Å²) in [6.45, 7) is 5.76. The van der Waals surface area contributed by atoms with Crippen LogP contribution >= 0.6 is 0 Å². The highest BCUT2D eigenvalue weighted by molar-refractivity contribution is 6.06. The van der Waals surface area contributed by atoms with Crippen LogP contribution in [0, 0.1) is 6.92 Å². The van der Waals surface area contributed by atoms with Crippen molar-refractivity contribution in [3.63, 3.8) is 0 Å². The summed E-state index contributed by atoms with van der Waals surface area (Å²) < 4.78 is 11.0. The Balaban J connectivity index is 1.66. The average Bonchev–Trinajstić information content (AvgIpc) is 2.72. The largest absolute Gasteiger partial charge is 0.449 e. The van der Waals surface area contributed by atoms with E-state index in [2.05, 4.69) is 0 Å². The number of morpholine rings is 1. The number of pyridine rings is 1. The van der Waals surface area contributed by atoms with Gasteiger partial charge in [-0.05, 0) is 57.2 Å². The lowest BCUT2D eigenvalue weighted by atomic mass is 9.89. The number of esters is 1. The van der Waals surface area contributed by atoms with Crippen LogP contribution in [0.5, 0.6) is 0 Å². The predicted octanol–water partition coefficient (Wildman–Crippen LogP) is 2.83. The summed E-state index contributed by atoms with van der Waals surface area (Å²) in [6, 6.07) is 5.95. The first-order valence-electron chi connectivity index (χ1n) is 10.0. The monoisotopic (exact) mass is 382 g/mol. The molecule has 1 atom stereocenters. The van der Waals surface area contributed by atoms with E-state index in [-0.39, 0.29) is 5.91 Å². The summed E-state index contributed by atoms with van der Waals surface area (Å²) in [7, 11) is 0. The van der Waals surface area contributed by atoms with Gasteiger partial charge in [0.25, 0.3) is 5.91 Å². The molecule has 1 amide bonds. The first-order valence-corrected chi connectivity index (χ1v) is 10.0. The molecule has 2 aromatic rings. The van der Waals surface area contributed by atoms with Gasteiger partial charge in [0.05, 0.1) is 24.3 Å². The molecule has 1 aromatic heterocycles. The molecule has 0 radical (unpaired) electrons. The highest BCUT2D eigenvalue weighted by atomic mass is 16.5. The molecule has 1 unspecified atom stereocenters. The van der Waals surface area contributed by atoms with Crippen LogP contribution < -0.4 is 0 Å². The van der Waals surface area contributed by atoms with Crippen LogP contribution in [0.4, 0.5) is 0 Å². The number of amides is 1. The topological polar surface area (TPSA) is 68.7 Å². The van der Waals surface area contributed by atoms with E-state index in [1.807, 2.05) is 25.1 Å². The molecular formula is C22H26N2O4. The number of aromatic nitrogens is 1. The van der Waals surface area contributed by atoms with Crippen LogP contribution in [0.3, 0.4) is 0 Å². The van der Waals surface area contributed by atoms with Crippen molar-refractivity contribution in [3.05, 3.63) is 40.6 Å². The number of aryl methyl sites for hydroxylation is 2. The first kappa shape index (κ1) is 18.9. The second-order valence-corrected chi connectivity index (χ2v) is 7.62. The van der Waals surface area contributed by atoms with Crippen LogP contribution in [0.2, 0.25) is 0 Å². The zero-order chi connectivity index (χ0) is 19.7. The molecule has 1 aliphatic carbocycles. The molecule has 0 N–H and O–H groups in total. The lowest BCUT2D eigenvalue weighted by molar-refractivity contribution is -0.143. The molecule has 1 aliphatic heterocycles. The number of ether oxygens (including phenoxy) is 2. The molecule has 28 heavy (non-hydrogen) atoms. The Morgan fingerprint density at radius 1 is 1.18 bits per heavy atom. The summed E-state index contributed by atoms with van der Waals surface area (Å²) in [5.41, 5.74) is 4.44. The van der Waals surface area contributed by atoms with Gasteiger partial charge in [-0.25, -0.2) is 4.79 Å². The molecule has 1 aromatic carbocycles. The van der Waals surface area contributed by atoms with E-state index >= 15 is 0 Å². The smallest absolute Gasteiger partial charge is 0.339 e. The molecule has 0 bridgehead atoms. The molecule has 6 heteroatoms. The second-order valence-electron chi connectivity index (χ2n) is 7.62. The van der Waals surface area contributed by atoms with E-state index in [4.69, 9.17) is 14.5 Å². The molecule has 1 fully saturated rings. The van der Waals surface area contributed by atoms with Gasteiger partial charge in [0, 0.05) is 24.2 Å². The van der Waals surface area contributed by atoms with Gasteiger partial charge >= 0.3 is 5.97 Å². The minimum atomic E-state index is -0.821. The molecule has 6 nitrogen and oxygen atoms in total. The standard InChI is InChI=1S/C22H26N2O4/c1-14-7-8-19-17(13-14)20(16-5-3-4-6-18(16)23-19)22(26)28-15(2)21(25)24-9-11-27-12-10-24/h7-8,13,15H,3-6,9-12H2,1-2H3. The third-order valence-corrected chi connectivity index (χ3v) is 5.58. The van der Waals surface area contributed by atoms with E-state index < -0.39 is 12.1 Å². The fourth-order valence-electron chi connectivity index (χ4n) is 4.08. The van der Waals surface area contributed by atoms with Gasteiger partial charge in [-0.2, -0.15) is 0 Å². The Bertz CT molecular complexity index is 918. The van der Waals surface area contributed by atoms with Crippen molar-refractivity contribution in [1.82, 2.24) is 9.88 Å². The van der Waals surface area contributed by atoms with Gasteiger partial charge in [-0.1, -0.05) is 11.6 Å². The Morgan fingerprint density at radius 2 is 1.93 bits per heavy atom. The molecule has 148 valence electrons. The number of rotatable bonds is 3. The second kappa shape index (κ2) is 7.87. The SMILES string of the molecule is Cc1ccc2nc3c(c(C(=O)OC(C)C(=O)N4CCOCC4)c2c1)CCCC3. The first-order chi connectivity index (χ1) is 13.5. The van der Waals surface area contributed by atoms with Crippen LogP contribution in [0.1, 0.15) is 46.9 Å². The van der Waals surface area contributed by atoms with Crippen LogP contribution in [0.25, 0.3) is 10.9 Å². The number of hydrogen-bond acceptors (Lipinski definition) is 5. The minimum Gasteiger partial charge on any atom is -0.449 e. The molecule has 1 saturated heterocycles. The third kappa shape index (κ3) is 3.61. The summed E-state index contributed by atoms with van der Waals surface area (Å²) >= 11 is 0.